The Balaban J connectivity index is 1.36. The number of aromatic nitrogens is 2. The number of anilines is 1. The highest BCUT2D eigenvalue weighted by Crippen LogP contribution is 2.29. The first-order valence-corrected chi connectivity index (χ1v) is 13.6. The van der Waals surface area contributed by atoms with Crippen molar-refractivity contribution in [3.63, 3.8) is 0 Å². The number of benzene rings is 4. The molecule has 0 radical (unpaired) electrons. The van der Waals surface area contributed by atoms with Crippen molar-refractivity contribution in [3.05, 3.63) is 107 Å². The van der Waals surface area contributed by atoms with Gasteiger partial charge in [-0.2, -0.15) is 0 Å². The van der Waals surface area contributed by atoms with Crippen LogP contribution in [-0.4, -0.2) is 45.6 Å². The fourth-order valence-electron chi connectivity index (χ4n) is 5.77. The van der Waals surface area contributed by atoms with Crippen molar-refractivity contribution in [2.75, 3.05) is 18.0 Å². The second-order valence-electron chi connectivity index (χ2n) is 10.4. The predicted molar refractivity (Wildman–Crippen MR) is 159 cm³/mol. The summed E-state index contributed by atoms with van der Waals surface area (Å²) in [5, 5.41) is 22.8. The van der Waals surface area contributed by atoms with Gasteiger partial charge in [0.15, 0.2) is 0 Å². The van der Waals surface area contributed by atoms with Crippen molar-refractivity contribution in [3.8, 4) is 0 Å². The number of carboxylic acid groups (broad SMARTS) is 1. The fraction of sp³-hybridized carbons (Fsp3) is 0.219. The third-order valence-corrected chi connectivity index (χ3v) is 7.88. The Morgan fingerprint density at radius 2 is 1.77 bits per heavy atom. The Morgan fingerprint density at radius 1 is 1.02 bits per heavy atom. The van der Waals surface area contributed by atoms with Gasteiger partial charge in [-0.25, -0.2) is 9.78 Å². The minimum absolute atomic E-state index is 0.0658. The highest BCUT2D eigenvalue weighted by molar-refractivity contribution is 6.08. The van der Waals surface area contributed by atoms with Crippen molar-refractivity contribution >= 4 is 39.3 Å². The number of aromatic carboxylic acids is 1. The number of amidine groups is 1. The second kappa shape index (κ2) is 10.8. The van der Waals surface area contributed by atoms with E-state index >= 15 is 0 Å². The Kier molecular flexibility index (Phi) is 6.92. The van der Waals surface area contributed by atoms with Gasteiger partial charge < -0.3 is 25.6 Å². The normalized spacial score (nSPS) is 14.0. The van der Waals surface area contributed by atoms with Crippen LogP contribution in [0.3, 0.4) is 0 Å². The number of carboxylic acids is 1. The molecule has 0 atom stereocenters. The van der Waals surface area contributed by atoms with Crippen molar-refractivity contribution < 1.29 is 9.90 Å². The smallest absolute Gasteiger partial charge is 0.335 e. The summed E-state index contributed by atoms with van der Waals surface area (Å²) in [5.74, 6) is -0.847. The van der Waals surface area contributed by atoms with E-state index in [4.69, 9.17) is 11.1 Å². The molecule has 8 heteroatoms. The average Bonchev–Trinajstić information content (AvgIpc) is 3.38. The third-order valence-electron chi connectivity index (χ3n) is 7.88. The molecule has 1 fully saturated rings. The number of carbonyl (C=O) groups is 1. The molecule has 0 unspecified atom stereocenters. The molecular formula is C32H32N6O2. The Hall–Kier alpha value is -4.69. The Bertz CT molecular complexity index is 1700. The van der Waals surface area contributed by atoms with Crippen molar-refractivity contribution in [2.45, 2.75) is 32.0 Å². The molecule has 4 aromatic carbocycles. The molecule has 2 heterocycles. The largest absolute Gasteiger partial charge is 0.478 e. The van der Waals surface area contributed by atoms with Crippen molar-refractivity contribution in [2.24, 2.45) is 5.73 Å². The molecule has 8 nitrogen and oxygen atoms in total. The van der Waals surface area contributed by atoms with Gasteiger partial charge in [-0.05, 0) is 78.2 Å². The van der Waals surface area contributed by atoms with Gasteiger partial charge in [0.2, 0.25) is 0 Å². The molecule has 1 aliphatic rings. The van der Waals surface area contributed by atoms with Crippen LogP contribution in [0.1, 0.15) is 39.9 Å². The third kappa shape index (κ3) is 5.01. The number of nitrogens with one attached hydrogen (secondary N) is 2. The van der Waals surface area contributed by atoms with Gasteiger partial charge in [-0.3, -0.25) is 5.41 Å². The number of fused-ring (bicyclic) bond motifs is 2. The van der Waals surface area contributed by atoms with Crippen LogP contribution in [0.25, 0.3) is 21.8 Å². The quantitative estimate of drug-likeness (QED) is 0.165. The summed E-state index contributed by atoms with van der Waals surface area (Å²) in [7, 11) is 0. The number of hydrogen-bond acceptors (Lipinski definition) is 5. The number of imidazole rings is 1. The number of hydrogen-bond donors (Lipinski definition) is 4. The van der Waals surface area contributed by atoms with Crippen LogP contribution in [-0.2, 0) is 13.1 Å². The van der Waals surface area contributed by atoms with Gasteiger partial charge in [0, 0.05) is 30.4 Å². The number of nitrogens with zero attached hydrogens (tertiary/aromatic N) is 3. The van der Waals surface area contributed by atoms with E-state index in [9.17, 15) is 9.90 Å². The molecule has 5 N–H and O–H groups in total. The molecule has 1 aromatic heterocycles. The molecule has 0 bridgehead atoms. The average molecular weight is 533 g/mol. The standard InChI is InChI=1S/C32H32N6O2/c33-31(34)28-11-9-23(26-3-1-2-4-27(26)28)19-37-20-36-29-12-10-25(17-30(29)37)38(24-13-15-35-16-14-24)18-21-5-7-22(8-6-21)32(39)40/h1-12,17,20,24,35H,13-16,18-19H2,(H3,33,34)(H,39,40). The molecule has 40 heavy (non-hydrogen) atoms. The van der Waals surface area contributed by atoms with Gasteiger partial charge in [0.25, 0.3) is 0 Å². The molecule has 0 aliphatic carbocycles. The van der Waals surface area contributed by atoms with Gasteiger partial charge in [0.05, 0.1) is 22.9 Å². The lowest BCUT2D eigenvalue weighted by atomic mass is 9.99. The van der Waals surface area contributed by atoms with Crippen LogP contribution in [0.2, 0.25) is 0 Å². The number of rotatable bonds is 8. The van der Waals surface area contributed by atoms with Gasteiger partial charge in [-0.15, -0.1) is 0 Å². The molecule has 5 aromatic rings. The van der Waals surface area contributed by atoms with Gasteiger partial charge in [-0.1, -0.05) is 48.5 Å². The predicted octanol–water partition coefficient (Wildman–Crippen LogP) is 4.98. The van der Waals surface area contributed by atoms with E-state index in [1.54, 1.807) is 12.1 Å². The fourth-order valence-corrected chi connectivity index (χ4v) is 5.77. The summed E-state index contributed by atoms with van der Waals surface area (Å²) < 4.78 is 2.18. The maximum absolute atomic E-state index is 11.3. The highest BCUT2D eigenvalue weighted by atomic mass is 16.4. The summed E-state index contributed by atoms with van der Waals surface area (Å²) in [6.07, 6.45) is 3.97. The number of nitrogens with two attached hydrogens (primary N) is 1. The summed E-state index contributed by atoms with van der Waals surface area (Å²) in [4.78, 5) is 18.5. The van der Waals surface area contributed by atoms with E-state index in [1.807, 2.05) is 42.7 Å². The summed E-state index contributed by atoms with van der Waals surface area (Å²) in [6.45, 7) is 3.29. The lowest BCUT2D eigenvalue weighted by Crippen LogP contribution is -2.43. The zero-order valence-electron chi connectivity index (χ0n) is 22.2. The minimum Gasteiger partial charge on any atom is -0.478 e. The molecule has 1 saturated heterocycles. The first-order valence-electron chi connectivity index (χ1n) is 13.6. The summed E-state index contributed by atoms with van der Waals surface area (Å²) >= 11 is 0. The molecule has 202 valence electrons. The Labute approximate surface area is 232 Å². The molecule has 6 rings (SSSR count). The first kappa shape index (κ1) is 25.6. The molecule has 0 spiro atoms. The molecule has 0 saturated carbocycles. The number of piperidine rings is 1. The SMILES string of the molecule is N=C(N)c1ccc(Cn2cnc3ccc(N(Cc4ccc(C(=O)O)cc4)C4CCNCC4)cc32)c2ccccc12. The summed E-state index contributed by atoms with van der Waals surface area (Å²) in [6, 6.07) is 26.1. The Morgan fingerprint density at radius 3 is 2.50 bits per heavy atom. The van der Waals surface area contributed by atoms with E-state index in [-0.39, 0.29) is 5.84 Å². The van der Waals surface area contributed by atoms with Crippen LogP contribution < -0.4 is 16.0 Å². The minimum atomic E-state index is -0.913. The lowest BCUT2D eigenvalue weighted by molar-refractivity contribution is 0.0697. The molecule has 1 aliphatic heterocycles. The maximum Gasteiger partial charge on any atom is 0.335 e. The van der Waals surface area contributed by atoms with Crippen LogP contribution in [0.5, 0.6) is 0 Å². The highest BCUT2D eigenvalue weighted by Gasteiger charge is 2.23. The van der Waals surface area contributed by atoms with E-state index in [0.717, 1.165) is 70.1 Å². The van der Waals surface area contributed by atoms with E-state index in [1.165, 1.54) is 0 Å². The van der Waals surface area contributed by atoms with Gasteiger partial charge in [0.1, 0.15) is 5.84 Å². The lowest BCUT2D eigenvalue weighted by Gasteiger charge is -2.36. The van der Waals surface area contributed by atoms with Crippen molar-refractivity contribution in [1.29, 1.82) is 5.41 Å². The zero-order chi connectivity index (χ0) is 27.6. The van der Waals surface area contributed by atoms with E-state index in [2.05, 4.69) is 50.1 Å². The first-order chi connectivity index (χ1) is 19.5. The number of nitrogen functional groups attached to an aromatic ring is 1. The molecule has 0 amide bonds. The molecular weight excluding hydrogens is 500 g/mol. The van der Waals surface area contributed by atoms with E-state index in [0.29, 0.717) is 24.7 Å². The van der Waals surface area contributed by atoms with Gasteiger partial charge >= 0.3 is 5.97 Å². The second-order valence-corrected chi connectivity index (χ2v) is 10.4. The van der Waals surface area contributed by atoms with E-state index < -0.39 is 5.97 Å². The van der Waals surface area contributed by atoms with Crippen LogP contribution in [0.15, 0.2) is 85.2 Å². The maximum atomic E-state index is 11.3. The van der Waals surface area contributed by atoms with Crippen molar-refractivity contribution in [1.82, 2.24) is 14.9 Å². The monoisotopic (exact) mass is 532 g/mol. The van der Waals surface area contributed by atoms with Crippen LogP contribution in [0, 0.1) is 5.41 Å². The zero-order valence-corrected chi connectivity index (χ0v) is 22.2. The topological polar surface area (TPSA) is 120 Å². The summed E-state index contributed by atoms with van der Waals surface area (Å²) in [5.41, 5.74) is 12.2. The van der Waals surface area contributed by atoms with Crippen LogP contribution in [0.4, 0.5) is 5.69 Å². The van der Waals surface area contributed by atoms with Crippen LogP contribution >= 0.6 is 0 Å².